The van der Waals surface area contributed by atoms with Gasteiger partial charge in [-0.1, -0.05) is 0 Å². The lowest BCUT2D eigenvalue weighted by Crippen LogP contribution is -2.38. The van der Waals surface area contributed by atoms with Crippen molar-refractivity contribution in [2.75, 3.05) is 13.6 Å². The highest BCUT2D eigenvalue weighted by Crippen LogP contribution is 2.14. The van der Waals surface area contributed by atoms with Gasteiger partial charge in [0.05, 0.1) is 12.8 Å². The summed E-state index contributed by atoms with van der Waals surface area (Å²) in [6.45, 7) is 4.02. The van der Waals surface area contributed by atoms with E-state index in [9.17, 15) is 0 Å². The van der Waals surface area contributed by atoms with Crippen LogP contribution in [0.4, 0.5) is 0 Å². The molecule has 0 radical (unpaired) electrons. The van der Waals surface area contributed by atoms with Crippen molar-refractivity contribution in [1.82, 2.24) is 30.0 Å². The molecule has 3 heterocycles. The number of hydrogen-bond donors (Lipinski definition) is 2. The summed E-state index contributed by atoms with van der Waals surface area (Å²) in [4.78, 5) is 11.1. The first kappa shape index (κ1) is 16.8. The van der Waals surface area contributed by atoms with Crippen molar-refractivity contribution >= 4 is 5.96 Å². The zero-order valence-electron chi connectivity index (χ0n) is 14.7. The maximum Gasteiger partial charge on any atom is 0.216 e. The van der Waals surface area contributed by atoms with E-state index in [1.807, 2.05) is 38.5 Å². The molecule has 0 unspecified atom stereocenters. The number of H-pyrrole nitrogens is 1. The van der Waals surface area contributed by atoms with Crippen LogP contribution >= 0.6 is 0 Å². The van der Waals surface area contributed by atoms with E-state index in [0.717, 1.165) is 19.0 Å². The number of aromatic amines is 1. The number of guanidine groups is 1. The van der Waals surface area contributed by atoms with Crippen LogP contribution in [0.1, 0.15) is 18.4 Å². The van der Waals surface area contributed by atoms with Crippen LogP contribution in [0, 0.1) is 0 Å². The molecule has 0 atom stereocenters. The molecule has 0 aliphatic rings. The van der Waals surface area contributed by atoms with Crippen molar-refractivity contribution in [2.24, 2.45) is 12.0 Å². The highest BCUT2D eigenvalue weighted by Gasteiger charge is 2.10. The first-order valence-electron chi connectivity index (χ1n) is 8.22. The van der Waals surface area contributed by atoms with Crippen molar-refractivity contribution in [1.29, 1.82) is 0 Å². The molecule has 3 aromatic heterocycles. The first-order chi connectivity index (χ1) is 12.2. The monoisotopic (exact) mass is 341 g/mol. The van der Waals surface area contributed by atoms with Crippen LogP contribution in [0.25, 0.3) is 11.6 Å². The lowest BCUT2D eigenvalue weighted by molar-refractivity contribution is 0.461. The van der Waals surface area contributed by atoms with Gasteiger partial charge in [-0.15, -0.1) is 5.10 Å². The molecule has 0 bridgehead atoms. The molecule has 0 aromatic carbocycles. The van der Waals surface area contributed by atoms with E-state index in [1.165, 1.54) is 5.69 Å². The average Bonchev–Trinajstić information content (AvgIpc) is 3.33. The molecule has 0 amide bonds. The fourth-order valence-corrected chi connectivity index (χ4v) is 2.48. The van der Waals surface area contributed by atoms with Gasteiger partial charge < -0.3 is 19.2 Å². The molecule has 0 saturated carbocycles. The van der Waals surface area contributed by atoms with E-state index in [1.54, 1.807) is 6.26 Å². The van der Waals surface area contributed by atoms with Crippen molar-refractivity contribution in [3.05, 3.63) is 48.2 Å². The molecule has 25 heavy (non-hydrogen) atoms. The van der Waals surface area contributed by atoms with E-state index in [2.05, 4.69) is 47.9 Å². The molecular formula is C17H23N7O. The highest BCUT2D eigenvalue weighted by atomic mass is 16.3. The van der Waals surface area contributed by atoms with Crippen molar-refractivity contribution < 1.29 is 4.42 Å². The highest BCUT2D eigenvalue weighted by molar-refractivity contribution is 5.79. The summed E-state index contributed by atoms with van der Waals surface area (Å²) in [5.41, 5.74) is 1.22. The van der Waals surface area contributed by atoms with Gasteiger partial charge in [0.25, 0.3) is 0 Å². The Bertz CT molecular complexity index is 816. The largest absolute Gasteiger partial charge is 0.461 e. The Balaban J connectivity index is 1.68. The topological polar surface area (TPSA) is 87.3 Å². The summed E-state index contributed by atoms with van der Waals surface area (Å²) in [6.07, 6.45) is 3.64. The molecule has 2 N–H and O–H groups in total. The van der Waals surface area contributed by atoms with Crippen LogP contribution in [0.3, 0.4) is 0 Å². The van der Waals surface area contributed by atoms with Crippen LogP contribution in [-0.4, -0.2) is 44.2 Å². The second-order valence-electron chi connectivity index (χ2n) is 5.72. The number of aryl methyl sites for hydroxylation is 1. The van der Waals surface area contributed by atoms with Crippen molar-refractivity contribution in [3.8, 4) is 11.6 Å². The quantitative estimate of drug-likeness (QED) is 0.529. The lowest BCUT2D eigenvalue weighted by atomic mass is 10.4. The number of rotatable bonds is 6. The van der Waals surface area contributed by atoms with Gasteiger partial charge in [0, 0.05) is 32.5 Å². The Labute approximate surface area is 146 Å². The van der Waals surface area contributed by atoms with Gasteiger partial charge in [0.2, 0.25) is 5.82 Å². The first-order valence-corrected chi connectivity index (χ1v) is 8.22. The number of aliphatic imine (C=N–C) groups is 1. The molecule has 3 aromatic rings. The van der Waals surface area contributed by atoms with Gasteiger partial charge in [0.1, 0.15) is 12.4 Å². The molecule has 0 fully saturated rings. The number of nitrogens with one attached hydrogen (secondary N) is 2. The summed E-state index contributed by atoms with van der Waals surface area (Å²) in [5, 5.41) is 10.4. The van der Waals surface area contributed by atoms with E-state index >= 15 is 0 Å². The Hall–Kier alpha value is -3.03. The number of nitrogens with zero attached hydrogens (tertiary/aromatic N) is 5. The standard InChI is InChI=1S/C17H23N7O/c1-4-18-17(24(3)12-13-7-5-9-23(13)2)19-11-15-20-16(22-21-15)14-8-6-10-25-14/h5-10H,4,11-12H2,1-3H3,(H,18,19)(H,20,21,22). The van der Waals surface area contributed by atoms with Crippen LogP contribution in [0.2, 0.25) is 0 Å². The second kappa shape index (κ2) is 7.69. The molecule has 0 aliphatic carbocycles. The van der Waals surface area contributed by atoms with Crippen LogP contribution in [0.15, 0.2) is 46.1 Å². The van der Waals surface area contributed by atoms with Crippen molar-refractivity contribution in [2.45, 2.75) is 20.0 Å². The normalized spacial score (nSPS) is 11.7. The Kier molecular flexibility index (Phi) is 5.17. The maximum atomic E-state index is 5.30. The minimum atomic E-state index is 0.410. The van der Waals surface area contributed by atoms with Gasteiger partial charge in [-0.05, 0) is 31.2 Å². The minimum Gasteiger partial charge on any atom is -0.461 e. The van der Waals surface area contributed by atoms with E-state index in [4.69, 9.17) is 4.42 Å². The third-order valence-corrected chi connectivity index (χ3v) is 3.80. The molecule has 0 aliphatic heterocycles. The predicted molar refractivity (Wildman–Crippen MR) is 95.8 cm³/mol. The van der Waals surface area contributed by atoms with Crippen molar-refractivity contribution in [3.63, 3.8) is 0 Å². The molecule has 132 valence electrons. The predicted octanol–water partition coefficient (Wildman–Crippen LogP) is 2.00. The van der Waals surface area contributed by atoms with Crippen LogP contribution < -0.4 is 5.32 Å². The summed E-state index contributed by atoms with van der Waals surface area (Å²) in [5.74, 6) is 2.69. The molecular weight excluding hydrogens is 318 g/mol. The SMILES string of the molecule is CCNC(=NCc1nc(-c2ccco2)n[nH]1)N(C)Cc1cccn1C. The fourth-order valence-electron chi connectivity index (χ4n) is 2.48. The molecule has 8 nitrogen and oxygen atoms in total. The van der Waals surface area contributed by atoms with Crippen LogP contribution in [0.5, 0.6) is 0 Å². The lowest BCUT2D eigenvalue weighted by Gasteiger charge is -2.22. The summed E-state index contributed by atoms with van der Waals surface area (Å²) < 4.78 is 7.40. The summed E-state index contributed by atoms with van der Waals surface area (Å²) in [7, 11) is 4.06. The zero-order valence-corrected chi connectivity index (χ0v) is 14.7. The van der Waals surface area contributed by atoms with Gasteiger partial charge in [-0.3, -0.25) is 5.10 Å². The summed E-state index contributed by atoms with van der Waals surface area (Å²) >= 11 is 0. The fraction of sp³-hybridized carbons (Fsp3) is 0.353. The third-order valence-electron chi connectivity index (χ3n) is 3.80. The molecule has 0 spiro atoms. The number of aromatic nitrogens is 4. The average molecular weight is 341 g/mol. The molecule has 3 rings (SSSR count). The zero-order chi connectivity index (χ0) is 17.6. The Morgan fingerprint density at radius 3 is 2.96 bits per heavy atom. The Morgan fingerprint density at radius 2 is 2.28 bits per heavy atom. The second-order valence-corrected chi connectivity index (χ2v) is 5.72. The van der Waals surface area contributed by atoms with E-state index < -0.39 is 0 Å². The third kappa shape index (κ3) is 4.09. The van der Waals surface area contributed by atoms with Crippen LogP contribution in [-0.2, 0) is 20.1 Å². The van der Waals surface area contributed by atoms with Gasteiger partial charge in [-0.25, -0.2) is 9.98 Å². The van der Waals surface area contributed by atoms with E-state index in [-0.39, 0.29) is 0 Å². The van der Waals surface area contributed by atoms with E-state index in [0.29, 0.717) is 24.0 Å². The Morgan fingerprint density at radius 1 is 1.40 bits per heavy atom. The number of furan rings is 1. The minimum absolute atomic E-state index is 0.410. The van der Waals surface area contributed by atoms with Gasteiger partial charge in [-0.2, -0.15) is 0 Å². The summed E-state index contributed by atoms with van der Waals surface area (Å²) in [6, 6.07) is 7.78. The molecule has 0 saturated heterocycles. The number of hydrogen-bond acceptors (Lipinski definition) is 4. The van der Waals surface area contributed by atoms with Gasteiger partial charge in [0.15, 0.2) is 11.7 Å². The maximum absolute atomic E-state index is 5.30. The smallest absolute Gasteiger partial charge is 0.216 e. The molecule has 8 heteroatoms. The van der Waals surface area contributed by atoms with Gasteiger partial charge >= 0.3 is 0 Å².